The number of carboxylic acids is 1. The molecule has 1 aromatic heterocycles. The lowest BCUT2D eigenvalue weighted by molar-refractivity contribution is -0.142. The van der Waals surface area contributed by atoms with Crippen LogP contribution in [0.1, 0.15) is 25.8 Å². The van der Waals surface area contributed by atoms with Gasteiger partial charge in [-0.15, -0.1) is 0 Å². The Hall–Kier alpha value is -2.11. The lowest BCUT2D eigenvalue weighted by Gasteiger charge is -2.15. The van der Waals surface area contributed by atoms with Crippen LogP contribution in [0, 0.1) is 11.8 Å². The van der Waals surface area contributed by atoms with Gasteiger partial charge in [0.25, 0.3) is 0 Å². The van der Waals surface area contributed by atoms with E-state index in [2.05, 4.69) is 15.6 Å². The largest absolute Gasteiger partial charge is 0.481 e. The molecule has 0 aliphatic heterocycles. The molecular weight excluding hydrogens is 258 g/mol. The Balaban J connectivity index is 2.32. The number of amides is 2. The third-order valence-electron chi connectivity index (χ3n) is 2.79. The number of carboxylic acid groups (broad SMARTS) is 1. The van der Waals surface area contributed by atoms with Gasteiger partial charge in [0.1, 0.15) is 0 Å². The minimum atomic E-state index is -0.883. The highest BCUT2D eigenvalue weighted by Gasteiger charge is 2.19. The van der Waals surface area contributed by atoms with E-state index in [-0.39, 0.29) is 18.5 Å². The number of aromatic nitrogens is 1. The lowest BCUT2D eigenvalue weighted by Crippen LogP contribution is -2.39. The monoisotopic (exact) mass is 279 g/mol. The molecule has 0 saturated heterocycles. The van der Waals surface area contributed by atoms with Crippen molar-refractivity contribution in [1.82, 2.24) is 15.6 Å². The summed E-state index contributed by atoms with van der Waals surface area (Å²) in [6.07, 6.45) is 3.87. The molecule has 0 fully saturated rings. The van der Waals surface area contributed by atoms with E-state index >= 15 is 0 Å². The van der Waals surface area contributed by atoms with Gasteiger partial charge >= 0.3 is 12.0 Å². The molecule has 0 aromatic carbocycles. The SMILES string of the molecule is CC(C)CC(CNC(=O)NCc1cccnc1)C(=O)O. The summed E-state index contributed by atoms with van der Waals surface area (Å²) in [5.74, 6) is -1.17. The van der Waals surface area contributed by atoms with Crippen LogP contribution in [0.25, 0.3) is 0 Å². The van der Waals surface area contributed by atoms with Crippen LogP contribution in [-0.2, 0) is 11.3 Å². The van der Waals surface area contributed by atoms with Crippen molar-refractivity contribution in [3.63, 3.8) is 0 Å². The summed E-state index contributed by atoms with van der Waals surface area (Å²) >= 11 is 0. The number of nitrogens with one attached hydrogen (secondary N) is 2. The van der Waals surface area contributed by atoms with Gasteiger partial charge in [-0.25, -0.2) is 4.79 Å². The number of carbonyl (C=O) groups is 2. The number of carbonyl (C=O) groups excluding carboxylic acids is 1. The fraction of sp³-hybridized carbons (Fsp3) is 0.500. The van der Waals surface area contributed by atoms with Crippen LogP contribution in [-0.4, -0.2) is 28.6 Å². The second-order valence-corrected chi connectivity index (χ2v) is 5.09. The average Bonchev–Trinajstić information content (AvgIpc) is 2.41. The Morgan fingerprint density at radius 3 is 2.65 bits per heavy atom. The van der Waals surface area contributed by atoms with Crippen LogP contribution in [0.5, 0.6) is 0 Å². The van der Waals surface area contributed by atoms with Gasteiger partial charge in [-0.3, -0.25) is 9.78 Å². The van der Waals surface area contributed by atoms with Crippen LogP contribution >= 0.6 is 0 Å². The molecule has 0 bridgehead atoms. The molecule has 1 unspecified atom stereocenters. The fourth-order valence-corrected chi connectivity index (χ4v) is 1.80. The molecule has 0 spiro atoms. The third kappa shape index (κ3) is 6.17. The van der Waals surface area contributed by atoms with Gasteiger partial charge in [0.15, 0.2) is 0 Å². The highest BCUT2D eigenvalue weighted by atomic mass is 16.4. The van der Waals surface area contributed by atoms with Crippen molar-refractivity contribution in [1.29, 1.82) is 0 Å². The minimum Gasteiger partial charge on any atom is -0.481 e. The molecule has 1 aromatic rings. The Morgan fingerprint density at radius 1 is 1.35 bits per heavy atom. The second-order valence-electron chi connectivity index (χ2n) is 5.09. The number of nitrogens with zero attached hydrogens (tertiary/aromatic N) is 1. The molecule has 0 radical (unpaired) electrons. The third-order valence-corrected chi connectivity index (χ3v) is 2.79. The minimum absolute atomic E-state index is 0.131. The Morgan fingerprint density at radius 2 is 2.10 bits per heavy atom. The van der Waals surface area contributed by atoms with Crippen molar-refractivity contribution in [2.24, 2.45) is 11.8 Å². The Bertz CT molecular complexity index is 435. The molecule has 2 amide bonds. The number of hydrogen-bond acceptors (Lipinski definition) is 3. The Labute approximate surface area is 118 Å². The first kappa shape index (κ1) is 15.9. The average molecular weight is 279 g/mol. The first-order valence-corrected chi connectivity index (χ1v) is 6.62. The molecule has 1 rings (SSSR count). The zero-order valence-electron chi connectivity index (χ0n) is 11.8. The van der Waals surface area contributed by atoms with E-state index < -0.39 is 11.9 Å². The predicted molar refractivity (Wildman–Crippen MR) is 75.1 cm³/mol. The molecule has 0 saturated carbocycles. The van der Waals surface area contributed by atoms with Crippen LogP contribution in [0.15, 0.2) is 24.5 Å². The summed E-state index contributed by atoms with van der Waals surface area (Å²) in [7, 11) is 0. The molecule has 0 aliphatic carbocycles. The van der Waals surface area contributed by atoms with Crippen molar-refractivity contribution in [3.05, 3.63) is 30.1 Å². The summed E-state index contributed by atoms with van der Waals surface area (Å²) in [4.78, 5) is 26.6. The molecule has 20 heavy (non-hydrogen) atoms. The predicted octanol–water partition coefficient (Wildman–Crippen LogP) is 1.63. The van der Waals surface area contributed by atoms with E-state index in [1.807, 2.05) is 19.9 Å². The van der Waals surface area contributed by atoms with E-state index in [0.717, 1.165) is 5.56 Å². The molecule has 1 heterocycles. The van der Waals surface area contributed by atoms with Crippen molar-refractivity contribution in [3.8, 4) is 0 Å². The zero-order chi connectivity index (χ0) is 15.0. The fourth-order valence-electron chi connectivity index (χ4n) is 1.80. The highest BCUT2D eigenvalue weighted by Crippen LogP contribution is 2.10. The number of aliphatic carboxylic acids is 1. The number of rotatable bonds is 7. The van der Waals surface area contributed by atoms with E-state index in [9.17, 15) is 9.59 Å². The number of pyridine rings is 1. The van der Waals surface area contributed by atoms with E-state index in [1.54, 1.807) is 18.5 Å². The van der Waals surface area contributed by atoms with E-state index in [0.29, 0.717) is 13.0 Å². The molecule has 110 valence electrons. The van der Waals surface area contributed by atoms with Gasteiger partial charge in [0.05, 0.1) is 5.92 Å². The molecular formula is C14H21N3O3. The molecule has 3 N–H and O–H groups in total. The van der Waals surface area contributed by atoms with Crippen LogP contribution < -0.4 is 10.6 Å². The molecule has 0 aliphatic rings. The highest BCUT2D eigenvalue weighted by molar-refractivity contribution is 5.75. The van der Waals surface area contributed by atoms with Crippen molar-refractivity contribution in [2.75, 3.05) is 6.54 Å². The maximum absolute atomic E-state index is 11.6. The summed E-state index contributed by atoms with van der Waals surface area (Å²) < 4.78 is 0. The standard InChI is InChI=1S/C14H21N3O3/c1-10(2)6-12(13(18)19)9-17-14(20)16-8-11-4-3-5-15-7-11/h3-5,7,10,12H,6,8-9H2,1-2H3,(H,18,19)(H2,16,17,20). The first-order chi connectivity index (χ1) is 9.49. The van der Waals surface area contributed by atoms with Gasteiger partial charge in [-0.1, -0.05) is 19.9 Å². The van der Waals surface area contributed by atoms with Crippen LogP contribution in [0.4, 0.5) is 4.79 Å². The number of hydrogen-bond donors (Lipinski definition) is 3. The molecule has 1 atom stereocenters. The topological polar surface area (TPSA) is 91.3 Å². The van der Waals surface area contributed by atoms with Gasteiger partial charge in [0, 0.05) is 25.5 Å². The van der Waals surface area contributed by atoms with Gasteiger partial charge < -0.3 is 15.7 Å². The summed E-state index contributed by atoms with van der Waals surface area (Å²) in [6, 6.07) is 3.27. The zero-order valence-corrected chi connectivity index (χ0v) is 11.8. The van der Waals surface area contributed by atoms with Gasteiger partial charge in [-0.2, -0.15) is 0 Å². The quantitative estimate of drug-likeness (QED) is 0.707. The normalized spacial score (nSPS) is 11.9. The van der Waals surface area contributed by atoms with E-state index in [4.69, 9.17) is 5.11 Å². The van der Waals surface area contributed by atoms with Crippen molar-refractivity contribution in [2.45, 2.75) is 26.8 Å². The van der Waals surface area contributed by atoms with Crippen molar-refractivity contribution >= 4 is 12.0 Å². The van der Waals surface area contributed by atoms with Crippen LogP contribution in [0.2, 0.25) is 0 Å². The van der Waals surface area contributed by atoms with Gasteiger partial charge in [-0.05, 0) is 24.0 Å². The van der Waals surface area contributed by atoms with Crippen molar-refractivity contribution < 1.29 is 14.7 Å². The summed E-state index contributed by atoms with van der Waals surface area (Å²) in [5.41, 5.74) is 0.889. The molecule has 6 nitrogen and oxygen atoms in total. The van der Waals surface area contributed by atoms with E-state index in [1.165, 1.54) is 0 Å². The van der Waals surface area contributed by atoms with Gasteiger partial charge in [0.2, 0.25) is 0 Å². The maximum Gasteiger partial charge on any atom is 0.315 e. The second kappa shape index (κ2) is 8.14. The first-order valence-electron chi connectivity index (χ1n) is 6.62. The maximum atomic E-state index is 11.6. The number of urea groups is 1. The summed E-state index contributed by atoms with van der Waals surface area (Å²) in [6.45, 7) is 4.41. The Kier molecular flexibility index (Phi) is 6.49. The van der Waals surface area contributed by atoms with Crippen LogP contribution in [0.3, 0.4) is 0 Å². The molecule has 6 heteroatoms. The summed E-state index contributed by atoms with van der Waals surface area (Å²) in [5, 5.41) is 14.3. The lowest BCUT2D eigenvalue weighted by atomic mass is 9.97. The smallest absolute Gasteiger partial charge is 0.315 e.